The maximum Gasteiger partial charge on any atom is 0.254 e. The lowest BCUT2D eigenvalue weighted by atomic mass is 9.96. The highest BCUT2D eigenvalue weighted by Gasteiger charge is 2.30. The Bertz CT molecular complexity index is 791. The van der Waals surface area contributed by atoms with E-state index in [2.05, 4.69) is 4.98 Å². The molecule has 1 fully saturated rings. The molecule has 2 N–H and O–H groups in total. The molecule has 1 aliphatic rings. The number of benzene rings is 1. The number of aromatic nitrogens is 1. The molecule has 6 nitrogen and oxygen atoms in total. The number of hydrogen-bond donors (Lipinski definition) is 1. The van der Waals surface area contributed by atoms with Gasteiger partial charge in [0.05, 0.1) is 17.8 Å². The Labute approximate surface area is 164 Å². The van der Waals surface area contributed by atoms with E-state index in [1.165, 1.54) is 0 Å². The van der Waals surface area contributed by atoms with Gasteiger partial charge in [-0.2, -0.15) is 0 Å². The molecule has 3 rings (SSSR count). The van der Waals surface area contributed by atoms with Crippen LogP contribution >= 0.6 is 11.3 Å². The molecule has 0 radical (unpaired) electrons. The van der Waals surface area contributed by atoms with Crippen LogP contribution in [0, 0.1) is 6.92 Å². The molecule has 1 aliphatic heterocycles. The van der Waals surface area contributed by atoms with Crippen LogP contribution in [0.25, 0.3) is 0 Å². The van der Waals surface area contributed by atoms with Crippen molar-refractivity contribution in [2.24, 2.45) is 5.73 Å². The Morgan fingerprint density at radius 3 is 2.89 bits per heavy atom. The molecule has 1 aromatic carbocycles. The number of nitrogens with zero attached hydrogens (tertiary/aromatic N) is 2. The first kappa shape index (κ1) is 19.6. The zero-order valence-corrected chi connectivity index (χ0v) is 16.9. The molecule has 27 heavy (non-hydrogen) atoms. The van der Waals surface area contributed by atoms with Gasteiger partial charge in [0.1, 0.15) is 6.61 Å². The molecule has 0 unspecified atom stereocenters. The summed E-state index contributed by atoms with van der Waals surface area (Å²) >= 11 is 1.59. The Kier molecular flexibility index (Phi) is 6.34. The van der Waals surface area contributed by atoms with Gasteiger partial charge in [-0.3, -0.25) is 4.79 Å². The number of aryl methyl sites for hydroxylation is 1. The van der Waals surface area contributed by atoms with Gasteiger partial charge in [0.15, 0.2) is 11.5 Å². The number of thiazole rings is 1. The van der Waals surface area contributed by atoms with Crippen LogP contribution in [-0.4, -0.2) is 41.5 Å². The average Bonchev–Trinajstić information content (AvgIpc) is 3.10. The third-order valence-corrected chi connectivity index (χ3v) is 5.69. The van der Waals surface area contributed by atoms with Crippen LogP contribution in [0.5, 0.6) is 11.5 Å². The quantitative estimate of drug-likeness (QED) is 0.819. The van der Waals surface area contributed by atoms with Gasteiger partial charge in [0.25, 0.3) is 5.91 Å². The molecule has 1 saturated heterocycles. The van der Waals surface area contributed by atoms with Crippen LogP contribution in [0.2, 0.25) is 0 Å². The van der Waals surface area contributed by atoms with Crippen LogP contribution in [0.3, 0.4) is 0 Å². The molecule has 146 valence electrons. The first-order chi connectivity index (χ1) is 13.0. The van der Waals surface area contributed by atoms with Gasteiger partial charge in [0, 0.05) is 29.6 Å². The van der Waals surface area contributed by atoms with Gasteiger partial charge < -0.3 is 20.1 Å². The highest BCUT2D eigenvalue weighted by atomic mass is 32.1. The fourth-order valence-electron chi connectivity index (χ4n) is 3.47. The van der Waals surface area contributed by atoms with E-state index < -0.39 is 0 Å². The largest absolute Gasteiger partial charge is 0.493 e. The maximum absolute atomic E-state index is 13.0. The molecule has 1 amide bonds. The van der Waals surface area contributed by atoms with Crippen LogP contribution in [0.1, 0.15) is 47.2 Å². The summed E-state index contributed by atoms with van der Waals surface area (Å²) in [6, 6.07) is 5.37. The van der Waals surface area contributed by atoms with Gasteiger partial charge in [-0.05, 0) is 51.3 Å². The van der Waals surface area contributed by atoms with E-state index in [-0.39, 0.29) is 18.0 Å². The number of rotatable bonds is 6. The van der Waals surface area contributed by atoms with Gasteiger partial charge in [-0.25, -0.2) is 4.98 Å². The van der Waals surface area contributed by atoms with E-state index in [1.807, 2.05) is 24.1 Å². The van der Waals surface area contributed by atoms with Crippen molar-refractivity contribution in [3.05, 3.63) is 39.8 Å². The van der Waals surface area contributed by atoms with E-state index in [0.717, 1.165) is 36.5 Å². The highest BCUT2D eigenvalue weighted by Crippen LogP contribution is 2.30. The average molecular weight is 390 g/mol. The molecular weight excluding hydrogens is 362 g/mol. The number of carbonyl (C=O) groups is 1. The molecule has 2 heterocycles. The number of likely N-dealkylation sites (tertiary alicyclic amines) is 1. The minimum absolute atomic E-state index is 0.00280. The number of carbonyl (C=O) groups excluding carboxylic acids is 1. The van der Waals surface area contributed by atoms with Crippen molar-refractivity contribution in [1.82, 2.24) is 9.88 Å². The predicted octanol–water partition coefficient (Wildman–Crippen LogP) is 3.38. The van der Waals surface area contributed by atoms with E-state index in [9.17, 15) is 4.79 Å². The molecule has 0 saturated carbocycles. The monoisotopic (exact) mass is 389 g/mol. The lowest BCUT2D eigenvalue weighted by molar-refractivity contribution is 0.0583. The lowest BCUT2D eigenvalue weighted by Gasteiger charge is -2.38. The Balaban J connectivity index is 1.75. The first-order valence-electron chi connectivity index (χ1n) is 9.28. The topological polar surface area (TPSA) is 77.7 Å². The summed E-state index contributed by atoms with van der Waals surface area (Å²) in [6.45, 7) is 5.04. The summed E-state index contributed by atoms with van der Waals surface area (Å²) in [6.07, 6.45) is 3.08. The maximum atomic E-state index is 13.0. The number of nitrogens with two attached hydrogens (primary N) is 1. The number of piperidine rings is 1. The molecule has 2 atom stereocenters. The zero-order chi connectivity index (χ0) is 19.4. The summed E-state index contributed by atoms with van der Waals surface area (Å²) in [5, 5.41) is 2.98. The molecule has 7 heteroatoms. The van der Waals surface area contributed by atoms with Gasteiger partial charge in [0.2, 0.25) is 0 Å². The molecule has 2 aromatic rings. The lowest BCUT2D eigenvalue weighted by Crippen LogP contribution is -2.51. The summed E-state index contributed by atoms with van der Waals surface area (Å²) in [5.74, 6) is 1.14. The minimum atomic E-state index is -0.0414. The van der Waals surface area contributed by atoms with Crippen molar-refractivity contribution < 1.29 is 14.3 Å². The van der Waals surface area contributed by atoms with Crippen molar-refractivity contribution in [2.45, 2.75) is 51.8 Å². The summed E-state index contributed by atoms with van der Waals surface area (Å²) in [7, 11) is 1.58. The smallest absolute Gasteiger partial charge is 0.254 e. The predicted molar refractivity (Wildman–Crippen MR) is 107 cm³/mol. The second-order valence-electron chi connectivity index (χ2n) is 6.93. The minimum Gasteiger partial charge on any atom is -0.493 e. The van der Waals surface area contributed by atoms with Crippen molar-refractivity contribution in [2.75, 3.05) is 13.7 Å². The number of hydrogen-bond acceptors (Lipinski definition) is 6. The Morgan fingerprint density at radius 1 is 1.41 bits per heavy atom. The Hall–Kier alpha value is -2.12. The van der Waals surface area contributed by atoms with Crippen LogP contribution in [-0.2, 0) is 6.61 Å². The standard InChI is InChI=1S/C20H27N3O3S/c1-13(21)17-6-4-5-9-23(17)20(24)15-7-8-18(19(10-15)25-3)26-11-16-12-27-14(2)22-16/h7-8,10,12-13,17H,4-6,9,11,21H2,1-3H3/t13-,17+/m1/s1. The van der Waals surface area contributed by atoms with Crippen molar-refractivity contribution >= 4 is 17.2 Å². The second-order valence-corrected chi connectivity index (χ2v) is 8.00. The number of amides is 1. The van der Waals surface area contributed by atoms with E-state index in [1.54, 1.807) is 36.6 Å². The molecule has 0 spiro atoms. The van der Waals surface area contributed by atoms with E-state index in [0.29, 0.717) is 23.7 Å². The summed E-state index contributed by atoms with van der Waals surface area (Å²) in [4.78, 5) is 19.3. The van der Waals surface area contributed by atoms with Crippen molar-refractivity contribution in [3.8, 4) is 11.5 Å². The number of ether oxygens (including phenoxy) is 2. The molecule has 0 aliphatic carbocycles. The Morgan fingerprint density at radius 2 is 2.22 bits per heavy atom. The fourth-order valence-corrected chi connectivity index (χ4v) is 4.07. The fraction of sp³-hybridized carbons (Fsp3) is 0.500. The van der Waals surface area contributed by atoms with Gasteiger partial charge in [-0.1, -0.05) is 0 Å². The SMILES string of the molecule is COc1cc(C(=O)N2CCCC[C@H]2[C@@H](C)N)ccc1OCc1csc(C)n1. The van der Waals surface area contributed by atoms with Crippen LogP contribution < -0.4 is 15.2 Å². The highest BCUT2D eigenvalue weighted by molar-refractivity contribution is 7.09. The van der Waals surface area contributed by atoms with Crippen LogP contribution in [0.4, 0.5) is 0 Å². The first-order valence-corrected chi connectivity index (χ1v) is 10.2. The van der Waals surface area contributed by atoms with E-state index in [4.69, 9.17) is 15.2 Å². The molecule has 0 bridgehead atoms. The number of methoxy groups -OCH3 is 1. The molecular formula is C20H27N3O3S. The van der Waals surface area contributed by atoms with E-state index >= 15 is 0 Å². The van der Waals surface area contributed by atoms with Gasteiger partial charge >= 0.3 is 0 Å². The summed E-state index contributed by atoms with van der Waals surface area (Å²) in [5.41, 5.74) is 7.58. The summed E-state index contributed by atoms with van der Waals surface area (Å²) < 4.78 is 11.3. The van der Waals surface area contributed by atoms with Crippen molar-refractivity contribution in [1.29, 1.82) is 0 Å². The molecule has 1 aromatic heterocycles. The van der Waals surface area contributed by atoms with Gasteiger partial charge in [-0.15, -0.1) is 11.3 Å². The zero-order valence-electron chi connectivity index (χ0n) is 16.1. The van der Waals surface area contributed by atoms with Crippen molar-refractivity contribution in [3.63, 3.8) is 0 Å². The normalized spacial score (nSPS) is 18.2. The third kappa shape index (κ3) is 4.59. The van der Waals surface area contributed by atoms with Crippen LogP contribution in [0.15, 0.2) is 23.6 Å². The third-order valence-electron chi connectivity index (χ3n) is 4.87. The second kappa shape index (κ2) is 8.71.